The summed E-state index contributed by atoms with van der Waals surface area (Å²) in [5.41, 5.74) is 1.55. The molecule has 0 fully saturated rings. The lowest BCUT2D eigenvalue weighted by molar-refractivity contribution is -0.136. The average Bonchev–Trinajstić information content (AvgIpc) is 2.80. The highest BCUT2D eigenvalue weighted by Crippen LogP contribution is 2.29. The van der Waals surface area contributed by atoms with Crippen LogP contribution in [-0.2, 0) is 4.79 Å². The molecule has 2 aromatic rings. The summed E-state index contributed by atoms with van der Waals surface area (Å²) in [6.45, 7) is 0.0978. The summed E-state index contributed by atoms with van der Waals surface area (Å²) in [6.07, 6.45) is 1.87. The van der Waals surface area contributed by atoms with E-state index in [1.54, 1.807) is 29.2 Å². The fourth-order valence-electron chi connectivity index (χ4n) is 1.53. The number of nitrogens with one attached hydrogen (secondary N) is 2. The summed E-state index contributed by atoms with van der Waals surface area (Å²) in [4.78, 5) is 26.3. The molecule has 0 bridgehead atoms. The number of thioether (sulfide) groups is 1. The third-order valence-corrected chi connectivity index (χ3v) is 4.43. The molecule has 8 heteroatoms. The van der Waals surface area contributed by atoms with E-state index in [2.05, 4.69) is 15.6 Å². The number of rotatable bonds is 5. The van der Waals surface area contributed by atoms with Gasteiger partial charge in [-0.25, -0.2) is 9.78 Å². The van der Waals surface area contributed by atoms with Crippen LogP contribution in [0.15, 0.2) is 22.5 Å². The van der Waals surface area contributed by atoms with E-state index in [9.17, 15) is 9.59 Å². The minimum absolute atomic E-state index is 0.0978. The van der Waals surface area contributed by atoms with Crippen molar-refractivity contribution in [3.63, 3.8) is 0 Å². The van der Waals surface area contributed by atoms with Crippen molar-refractivity contribution in [3.05, 3.63) is 18.2 Å². The first kappa shape index (κ1) is 14.6. The summed E-state index contributed by atoms with van der Waals surface area (Å²) in [6, 6.07) is 5.05. The Bertz CT molecular complexity index is 642. The van der Waals surface area contributed by atoms with Crippen LogP contribution in [0.1, 0.15) is 6.42 Å². The fourth-order valence-corrected chi connectivity index (χ4v) is 3.06. The Balaban J connectivity index is 1.98. The Morgan fingerprint density at radius 3 is 2.95 bits per heavy atom. The molecule has 0 unspecified atom stereocenters. The van der Waals surface area contributed by atoms with E-state index >= 15 is 0 Å². The highest BCUT2D eigenvalue weighted by atomic mass is 32.2. The molecular formula is C12H13N3O3S2. The van der Waals surface area contributed by atoms with E-state index in [1.807, 2.05) is 18.4 Å². The number of urea groups is 1. The van der Waals surface area contributed by atoms with Crippen LogP contribution in [0.3, 0.4) is 0 Å². The van der Waals surface area contributed by atoms with Gasteiger partial charge in [-0.1, -0.05) is 11.8 Å². The number of carbonyl (C=O) groups is 2. The van der Waals surface area contributed by atoms with Gasteiger partial charge in [-0.2, -0.15) is 0 Å². The highest BCUT2D eigenvalue weighted by molar-refractivity contribution is 8.00. The van der Waals surface area contributed by atoms with Crippen molar-refractivity contribution in [2.24, 2.45) is 0 Å². The number of thiazole rings is 1. The summed E-state index contributed by atoms with van der Waals surface area (Å²) in [7, 11) is 0. The van der Waals surface area contributed by atoms with Gasteiger partial charge in [0.1, 0.15) is 0 Å². The molecule has 106 valence electrons. The molecule has 1 aromatic carbocycles. The Kier molecular flexibility index (Phi) is 4.80. The van der Waals surface area contributed by atoms with Crippen LogP contribution in [0, 0.1) is 0 Å². The highest BCUT2D eigenvalue weighted by Gasteiger charge is 2.06. The van der Waals surface area contributed by atoms with Crippen molar-refractivity contribution in [2.75, 3.05) is 18.1 Å². The Morgan fingerprint density at radius 1 is 1.45 bits per heavy atom. The number of fused-ring (bicyclic) bond motifs is 1. The van der Waals surface area contributed by atoms with Crippen molar-refractivity contribution >= 4 is 51.0 Å². The molecule has 20 heavy (non-hydrogen) atoms. The Morgan fingerprint density at radius 2 is 2.25 bits per heavy atom. The lowest BCUT2D eigenvalue weighted by Gasteiger charge is -2.06. The molecule has 0 saturated heterocycles. The second-order valence-corrected chi connectivity index (χ2v) is 5.98. The number of aliphatic carboxylic acids is 1. The van der Waals surface area contributed by atoms with Crippen LogP contribution in [0.2, 0.25) is 0 Å². The maximum atomic E-state index is 11.6. The van der Waals surface area contributed by atoms with Gasteiger partial charge in [0.25, 0.3) is 0 Å². The van der Waals surface area contributed by atoms with Gasteiger partial charge in [0.05, 0.1) is 16.6 Å². The van der Waals surface area contributed by atoms with Crippen LogP contribution in [0.25, 0.3) is 10.2 Å². The molecule has 2 rings (SSSR count). The normalized spacial score (nSPS) is 10.4. The summed E-state index contributed by atoms with van der Waals surface area (Å²) in [5.74, 6) is -0.944. The molecule has 0 atom stereocenters. The molecule has 1 aromatic heterocycles. The van der Waals surface area contributed by atoms with Crippen LogP contribution < -0.4 is 10.6 Å². The maximum absolute atomic E-state index is 11.6. The standard InChI is InChI=1S/C12H13N3O3S2/c1-19-12-15-8-3-2-7(6-9(8)20-12)14-11(18)13-5-4-10(16)17/h2-3,6H,4-5H2,1H3,(H,16,17)(H2,13,14,18). The monoisotopic (exact) mass is 311 g/mol. The van der Waals surface area contributed by atoms with Gasteiger partial charge in [-0.3, -0.25) is 4.79 Å². The van der Waals surface area contributed by atoms with E-state index in [1.165, 1.54) is 0 Å². The first-order valence-electron chi connectivity index (χ1n) is 5.79. The Labute approximate surface area is 123 Å². The number of hydrogen-bond donors (Lipinski definition) is 3. The number of anilines is 1. The van der Waals surface area contributed by atoms with E-state index in [0.717, 1.165) is 14.6 Å². The number of carboxylic acids is 1. The zero-order chi connectivity index (χ0) is 14.5. The van der Waals surface area contributed by atoms with Gasteiger partial charge in [0, 0.05) is 12.2 Å². The smallest absolute Gasteiger partial charge is 0.319 e. The number of aromatic nitrogens is 1. The average molecular weight is 311 g/mol. The molecule has 0 radical (unpaired) electrons. The van der Waals surface area contributed by atoms with Gasteiger partial charge in [0.15, 0.2) is 4.34 Å². The lowest BCUT2D eigenvalue weighted by atomic mass is 10.3. The third-order valence-electron chi connectivity index (χ3n) is 2.43. The number of hydrogen-bond acceptors (Lipinski definition) is 5. The van der Waals surface area contributed by atoms with Crippen molar-refractivity contribution in [1.82, 2.24) is 10.3 Å². The van der Waals surface area contributed by atoms with Gasteiger partial charge in [-0.05, 0) is 24.5 Å². The minimum Gasteiger partial charge on any atom is -0.481 e. The SMILES string of the molecule is CSc1nc2ccc(NC(=O)NCCC(=O)O)cc2s1. The summed E-state index contributed by atoms with van der Waals surface area (Å²) in [5, 5.41) is 13.6. The zero-order valence-corrected chi connectivity index (χ0v) is 12.3. The van der Waals surface area contributed by atoms with Crippen molar-refractivity contribution < 1.29 is 14.7 Å². The number of carboxylic acid groups (broad SMARTS) is 1. The molecule has 6 nitrogen and oxygen atoms in total. The van der Waals surface area contributed by atoms with Crippen LogP contribution in [-0.4, -0.2) is 34.9 Å². The van der Waals surface area contributed by atoms with Gasteiger partial charge in [-0.15, -0.1) is 11.3 Å². The lowest BCUT2D eigenvalue weighted by Crippen LogP contribution is -2.30. The zero-order valence-electron chi connectivity index (χ0n) is 10.7. The number of benzene rings is 1. The molecule has 3 N–H and O–H groups in total. The van der Waals surface area contributed by atoms with Crippen molar-refractivity contribution in [1.29, 1.82) is 0 Å². The molecular weight excluding hydrogens is 298 g/mol. The molecule has 0 spiro atoms. The second-order valence-electron chi connectivity index (χ2n) is 3.89. The van der Waals surface area contributed by atoms with Crippen LogP contribution in [0.5, 0.6) is 0 Å². The minimum atomic E-state index is -0.944. The second kappa shape index (κ2) is 6.58. The van der Waals surface area contributed by atoms with Gasteiger partial charge < -0.3 is 15.7 Å². The van der Waals surface area contributed by atoms with Crippen LogP contribution in [0.4, 0.5) is 10.5 Å². The van der Waals surface area contributed by atoms with Gasteiger partial charge in [0.2, 0.25) is 0 Å². The summed E-state index contributed by atoms with van der Waals surface area (Å²) < 4.78 is 1.97. The predicted molar refractivity (Wildman–Crippen MR) is 80.7 cm³/mol. The maximum Gasteiger partial charge on any atom is 0.319 e. The van der Waals surface area contributed by atoms with Gasteiger partial charge >= 0.3 is 12.0 Å². The van der Waals surface area contributed by atoms with E-state index in [4.69, 9.17) is 5.11 Å². The molecule has 0 aliphatic rings. The quantitative estimate of drug-likeness (QED) is 0.738. The largest absolute Gasteiger partial charge is 0.481 e. The van der Waals surface area contributed by atoms with Crippen LogP contribution >= 0.6 is 23.1 Å². The molecule has 1 heterocycles. The molecule has 0 aliphatic carbocycles. The predicted octanol–water partition coefficient (Wildman–Crippen LogP) is 2.61. The number of nitrogens with zero attached hydrogens (tertiary/aromatic N) is 1. The number of amides is 2. The fraction of sp³-hybridized carbons (Fsp3) is 0.250. The van der Waals surface area contributed by atoms with E-state index in [-0.39, 0.29) is 13.0 Å². The molecule has 0 saturated carbocycles. The number of carbonyl (C=O) groups excluding carboxylic acids is 1. The first-order chi connectivity index (χ1) is 9.58. The van der Waals surface area contributed by atoms with E-state index in [0.29, 0.717) is 5.69 Å². The molecule has 2 amide bonds. The van der Waals surface area contributed by atoms with Crippen molar-refractivity contribution in [3.8, 4) is 0 Å². The van der Waals surface area contributed by atoms with Crippen molar-refractivity contribution in [2.45, 2.75) is 10.8 Å². The first-order valence-corrected chi connectivity index (χ1v) is 7.84. The summed E-state index contributed by atoms with van der Waals surface area (Å²) >= 11 is 3.14. The third kappa shape index (κ3) is 3.84. The van der Waals surface area contributed by atoms with E-state index < -0.39 is 12.0 Å². The topological polar surface area (TPSA) is 91.3 Å². The molecule has 0 aliphatic heterocycles. The Hall–Kier alpha value is -1.80.